The van der Waals surface area contributed by atoms with Crippen LogP contribution in [0.25, 0.3) is 0 Å². The lowest BCUT2D eigenvalue weighted by atomic mass is 10.3. The molecule has 0 saturated heterocycles. The van der Waals surface area contributed by atoms with Gasteiger partial charge in [-0.25, -0.2) is 4.98 Å². The Morgan fingerprint density at radius 1 is 1.50 bits per heavy atom. The van der Waals surface area contributed by atoms with E-state index in [-0.39, 0.29) is 54.8 Å². The molecule has 11 heteroatoms. The summed E-state index contributed by atoms with van der Waals surface area (Å²) in [5, 5.41) is 2.22. The van der Waals surface area contributed by atoms with Crippen LogP contribution in [0.1, 0.15) is 12.5 Å². The van der Waals surface area contributed by atoms with Crippen molar-refractivity contribution in [3.05, 3.63) is 22.8 Å². The molecule has 0 saturated carbocycles. The van der Waals surface area contributed by atoms with Gasteiger partial charge in [-0.15, -0.1) is 24.8 Å². The summed E-state index contributed by atoms with van der Waals surface area (Å²) < 4.78 is 42.2. The summed E-state index contributed by atoms with van der Waals surface area (Å²) in [6.07, 6.45) is -3.89. The zero-order valence-corrected chi connectivity index (χ0v) is 13.7. The molecule has 0 aliphatic heterocycles. The Labute approximate surface area is 142 Å². The Kier molecular flexibility index (Phi) is 10.5. The van der Waals surface area contributed by atoms with Crippen molar-refractivity contribution in [3.8, 4) is 5.88 Å². The van der Waals surface area contributed by atoms with E-state index < -0.39 is 17.8 Å². The van der Waals surface area contributed by atoms with Gasteiger partial charge in [0.25, 0.3) is 0 Å². The lowest BCUT2D eigenvalue weighted by Gasteiger charge is -2.11. The van der Waals surface area contributed by atoms with Crippen LogP contribution in [0.2, 0.25) is 5.02 Å². The number of ether oxygens (including phenoxy) is 1. The highest BCUT2D eigenvalue weighted by molar-refractivity contribution is 6.31. The Bertz CT molecular complexity index is 487. The number of hydrogen-bond acceptors (Lipinski definition) is 4. The monoisotopic (exact) mass is 383 g/mol. The van der Waals surface area contributed by atoms with Gasteiger partial charge in [0.05, 0.1) is 18.2 Å². The molecular weight excluding hydrogens is 369 g/mol. The van der Waals surface area contributed by atoms with Crippen molar-refractivity contribution in [3.63, 3.8) is 0 Å². The topological polar surface area (TPSA) is 77.2 Å². The van der Waals surface area contributed by atoms with E-state index in [1.807, 2.05) is 0 Å². The van der Waals surface area contributed by atoms with Gasteiger partial charge in [-0.3, -0.25) is 4.79 Å². The second kappa shape index (κ2) is 9.94. The number of pyridine rings is 1. The van der Waals surface area contributed by atoms with E-state index in [4.69, 9.17) is 22.1 Å². The van der Waals surface area contributed by atoms with Crippen molar-refractivity contribution in [2.45, 2.75) is 19.1 Å². The van der Waals surface area contributed by atoms with Crippen molar-refractivity contribution in [1.29, 1.82) is 0 Å². The third kappa shape index (κ3) is 7.35. The minimum absolute atomic E-state index is 0. The van der Waals surface area contributed by atoms with Gasteiger partial charge in [-0.1, -0.05) is 11.6 Å². The summed E-state index contributed by atoms with van der Waals surface area (Å²) in [5.74, 6) is -0.491. The number of nitrogens with one attached hydrogen (secondary N) is 1. The SMILES string of the molecule is C[C@@H](N)C(=O)NCCOc1ncc(C(F)(F)F)cc1Cl.Cl.Cl. The van der Waals surface area contributed by atoms with Gasteiger partial charge >= 0.3 is 6.18 Å². The molecule has 0 fully saturated rings. The standard InChI is InChI=1S/C11H13ClF3N3O2.2ClH/c1-6(16)9(19)17-2-3-20-10-8(12)4-7(5-18-10)11(13,14)15;;/h4-6H,2-3,16H2,1H3,(H,17,19);2*1H/t6-;;/m1../s1. The number of aromatic nitrogens is 1. The van der Waals surface area contributed by atoms with Crippen LogP contribution < -0.4 is 15.8 Å². The van der Waals surface area contributed by atoms with Crippen LogP contribution in [0.3, 0.4) is 0 Å². The van der Waals surface area contributed by atoms with Crippen LogP contribution in [0.4, 0.5) is 13.2 Å². The average molecular weight is 385 g/mol. The zero-order valence-electron chi connectivity index (χ0n) is 11.3. The van der Waals surface area contributed by atoms with Gasteiger partial charge in [0.1, 0.15) is 11.6 Å². The first-order valence-corrected chi connectivity index (χ1v) is 5.98. The molecule has 1 amide bonds. The summed E-state index contributed by atoms with van der Waals surface area (Å²) in [4.78, 5) is 14.6. The first-order chi connectivity index (χ1) is 9.21. The summed E-state index contributed by atoms with van der Waals surface area (Å²) in [7, 11) is 0. The summed E-state index contributed by atoms with van der Waals surface area (Å²) >= 11 is 5.63. The van der Waals surface area contributed by atoms with Crippen LogP contribution in [0, 0.1) is 0 Å². The summed E-state index contributed by atoms with van der Waals surface area (Å²) in [6.45, 7) is 1.67. The van der Waals surface area contributed by atoms with Gasteiger partial charge in [0.2, 0.25) is 11.8 Å². The first kappa shape index (κ1) is 23.3. The Morgan fingerprint density at radius 2 is 2.09 bits per heavy atom. The maximum Gasteiger partial charge on any atom is 0.417 e. The third-order valence-corrected chi connectivity index (χ3v) is 2.46. The second-order valence-electron chi connectivity index (χ2n) is 3.94. The molecule has 1 aromatic rings. The molecule has 1 atom stereocenters. The van der Waals surface area contributed by atoms with Crippen molar-refractivity contribution in [2.24, 2.45) is 5.73 Å². The molecule has 1 heterocycles. The predicted octanol–water partition coefficient (Wildman–Crippen LogP) is 2.44. The van der Waals surface area contributed by atoms with E-state index in [0.717, 1.165) is 6.07 Å². The number of carbonyl (C=O) groups is 1. The first-order valence-electron chi connectivity index (χ1n) is 5.60. The number of carbonyl (C=O) groups excluding carboxylic acids is 1. The van der Waals surface area contributed by atoms with Crippen LogP contribution >= 0.6 is 36.4 Å². The quantitative estimate of drug-likeness (QED) is 0.765. The lowest BCUT2D eigenvalue weighted by molar-refractivity contribution is -0.137. The highest BCUT2D eigenvalue weighted by Crippen LogP contribution is 2.32. The van der Waals surface area contributed by atoms with Crippen LogP contribution in [-0.4, -0.2) is 30.1 Å². The lowest BCUT2D eigenvalue weighted by Crippen LogP contribution is -2.40. The molecule has 1 rings (SSSR count). The number of rotatable bonds is 5. The van der Waals surface area contributed by atoms with E-state index >= 15 is 0 Å². The Hall–Kier alpha value is -0.960. The normalized spacial score (nSPS) is 11.7. The van der Waals surface area contributed by atoms with Gasteiger partial charge < -0.3 is 15.8 Å². The van der Waals surface area contributed by atoms with E-state index in [1.54, 1.807) is 0 Å². The zero-order chi connectivity index (χ0) is 15.3. The van der Waals surface area contributed by atoms with Crippen LogP contribution in [0.5, 0.6) is 5.88 Å². The molecule has 0 aliphatic carbocycles. The van der Waals surface area contributed by atoms with E-state index in [1.165, 1.54) is 6.92 Å². The number of halogens is 6. The minimum atomic E-state index is -4.51. The maximum atomic E-state index is 12.4. The van der Waals surface area contributed by atoms with E-state index in [0.29, 0.717) is 6.20 Å². The van der Waals surface area contributed by atoms with Gasteiger partial charge in [0.15, 0.2) is 0 Å². The van der Waals surface area contributed by atoms with Crippen LogP contribution in [-0.2, 0) is 11.0 Å². The van der Waals surface area contributed by atoms with Gasteiger partial charge in [-0.05, 0) is 13.0 Å². The number of alkyl halides is 3. The highest BCUT2D eigenvalue weighted by Gasteiger charge is 2.31. The molecule has 0 aliphatic rings. The number of nitrogens with zero attached hydrogens (tertiary/aromatic N) is 1. The highest BCUT2D eigenvalue weighted by atomic mass is 35.5. The predicted molar refractivity (Wildman–Crippen MR) is 80.9 cm³/mol. The third-order valence-electron chi connectivity index (χ3n) is 2.19. The molecule has 3 N–H and O–H groups in total. The van der Waals surface area contributed by atoms with Gasteiger partial charge in [0, 0.05) is 6.20 Å². The molecule has 22 heavy (non-hydrogen) atoms. The molecule has 5 nitrogen and oxygen atoms in total. The smallest absolute Gasteiger partial charge is 0.417 e. The maximum absolute atomic E-state index is 12.4. The fourth-order valence-corrected chi connectivity index (χ4v) is 1.39. The van der Waals surface area contributed by atoms with Crippen LogP contribution in [0.15, 0.2) is 12.3 Å². The minimum Gasteiger partial charge on any atom is -0.475 e. The fraction of sp³-hybridized carbons (Fsp3) is 0.455. The van der Waals surface area contributed by atoms with Crippen molar-refractivity contribution >= 4 is 42.3 Å². The Morgan fingerprint density at radius 3 is 2.55 bits per heavy atom. The van der Waals surface area contributed by atoms with Crippen molar-refractivity contribution < 1.29 is 22.7 Å². The summed E-state index contributed by atoms with van der Waals surface area (Å²) in [5.41, 5.74) is 4.36. The largest absolute Gasteiger partial charge is 0.475 e. The number of hydrogen-bond donors (Lipinski definition) is 2. The molecule has 0 bridgehead atoms. The van der Waals surface area contributed by atoms with Crippen molar-refractivity contribution in [2.75, 3.05) is 13.2 Å². The second-order valence-corrected chi connectivity index (χ2v) is 4.34. The number of nitrogens with two attached hydrogens (primary N) is 1. The molecule has 0 aromatic carbocycles. The van der Waals surface area contributed by atoms with Crippen molar-refractivity contribution in [1.82, 2.24) is 10.3 Å². The number of amides is 1. The Balaban J connectivity index is 0. The molecule has 128 valence electrons. The average Bonchev–Trinajstić information content (AvgIpc) is 2.34. The fourth-order valence-electron chi connectivity index (χ4n) is 1.17. The van der Waals surface area contributed by atoms with E-state index in [2.05, 4.69) is 10.3 Å². The summed E-state index contributed by atoms with van der Waals surface area (Å²) in [6, 6.07) is 0.0764. The molecular formula is C11H15Cl3F3N3O2. The molecule has 0 unspecified atom stereocenters. The molecule has 1 aromatic heterocycles. The van der Waals surface area contributed by atoms with Gasteiger partial charge in [-0.2, -0.15) is 13.2 Å². The van der Waals surface area contributed by atoms with E-state index in [9.17, 15) is 18.0 Å². The molecule has 0 radical (unpaired) electrons. The molecule has 0 spiro atoms.